The van der Waals surface area contributed by atoms with E-state index in [1.807, 2.05) is 140 Å². The van der Waals surface area contributed by atoms with Gasteiger partial charge in [-0.05, 0) is 150 Å². The minimum Gasteiger partial charge on any atom is -0.497 e. The van der Waals surface area contributed by atoms with Crippen molar-refractivity contribution >= 4 is 79.0 Å². The number of rotatable bonds is 24. The molecule has 0 saturated carbocycles. The molecule has 2 saturated heterocycles. The molecule has 28 nitrogen and oxygen atoms in total. The zero-order valence-corrected chi connectivity index (χ0v) is 63.0. The number of benzene rings is 6. The normalized spacial score (nSPS) is 13.5. The number of nitrogens with one attached hydrogen (secondary N) is 2. The molecule has 1 atom stereocenters. The van der Waals surface area contributed by atoms with E-state index in [4.69, 9.17) is 38.6 Å². The van der Waals surface area contributed by atoms with Crippen LogP contribution in [0.25, 0.3) is 66.9 Å². The SMILES string of the molecule is CNC(=O)c1cc(OC)cc(N(CCCN2CCCC2)c2ccc3ncc(-c4cnn(C)c4)nc3c2)c1.CNC(=O)c1cc(OC)cc(N(CCO)c2ccc3ncc(-c4cnn(C5CCCCO5)c4)nc3c2)c1.COc1cc(OC)cc(N(Cc2cc(C)n(C)n2)c2ccc3ncc(-c4cnn(C)c4)nc3c2)c1. The van der Waals surface area contributed by atoms with E-state index < -0.39 is 0 Å². The summed E-state index contributed by atoms with van der Waals surface area (Å²) >= 11 is 0. The van der Waals surface area contributed by atoms with E-state index in [-0.39, 0.29) is 24.6 Å². The molecule has 2 aliphatic heterocycles. The Morgan fingerprint density at radius 2 is 0.972 bits per heavy atom. The van der Waals surface area contributed by atoms with Crippen LogP contribution in [0.1, 0.15) is 76.9 Å². The van der Waals surface area contributed by atoms with Crippen molar-refractivity contribution < 1.29 is 38.4 Å². The smallest absolute Gasteiger partial charge is 0.251 e. The Bertz CT molecular complexity index is 5290. The molecular formula is C81H90N20O8. The van der Waals surface area contributed by atoms with E-state index in [9.17, 15) is 14.7 Å². The van der Waals surface area contributed by atoms with Crippen molar-refractivity contribution in [2.24, 2.45) is 21.1 Å². The Hall–Kier alpha value is -12.4. The fourth-order valence-electron chi connectivity index (χ4n) is 13.4. The van der Waals surface area contributed by atoms with E-state index in [0.29, 0.717) is 64.1 Å². The summed E-state index contributed by atoms with van der Waals surface area (Å²) in [4.78, 5) is 62.2. The summed E-state index contributed by atoms with van der Waals surface area (Å²) in [5.41, 5.74) is 18.0. The molecule has 28 heteroatoms. The highest BCUT2D eigenvalue weighted by molar-refractivity contribution is 5.97. The second-order valence-electron chi connectivity index (χ2n) is 26.6. The average molecular weight is 1470 g/mol. The molecule has 15 rings (SSSR count). The largest absolute Gasteiger partial charge is 0.497 e. The van der Waals surface area contributed by atoms with Crippen LogP contribution in [0, 0.1) is 6.92 Å². The Labute approximate surface area is 631 Å². The van der Waals surface area contributed by atoms with Crippen LogP contribution in [0.5, 0.6) is 23.0 Å². The van der Waals surface area contributed by atoms with Crippen molar-refractivity contribution in [1.82, 2.24) is 84.6 Å². The monoisotopic (exact) mass is 1470 g/mol. The average Bonchev–Trinajstić information content (AvgIpc) is 1.72. The quantitative estimate of drug-likeness (QED) is 0.0506. The zero-order valence-electron chi connectivity index (χ0n) is 63.0. The van der Waals surface area contributed by atoms with E-state index in [1.165, 1.54) is 25.9 Å². The number of carbonyl (C=O) groups is 2. The molecule has 6 aromatic carbocycles. The predicted octanol–water partition coefficient (Wildman–Crippen LogP) is 12.1. The molecule has 0 aliphatic carbocycles. The first-order chi connectivity index (χ1) is 53.0. The predicted molar refractivity (Wildman–Crippen MR) is 421 cm³/mol. The van der Waals surface area contributed by atoms with Gasteiger partial charge >= 0.3 is 0 Å². The molecule has 1 unspecified atom stereocenters. The fraction of sp³-hybridized carbons (Fsp3) is 0.309. The Kier molecular flexibility index (Phi) is 23.7. The maximum Gasteiger partial charge on any atom is 0.251 e. The number of ether oxygens (including phenoxy) is 5. The number of carbonyl (C=O) groups excluding carboxylic acids is 2. The van der Waals surface area contributed by atoms with Crippen LogP contribution in [0.3, 0.4) is 0 Å². The summed E-state index contributed by atoms with van der Waals surface area (Å²) in [6.07, 6.45) is 23.1. The highest BCUT2D eigenvalue weighted by atomic mass is 16.5. The van der Waals surface area contributed by atoms with Crippen molar-refractivity contribution in [1.29, 1.82) is 0 Å². The number of aliphatic hydroxyl groups excluding tert-OH is 1. The number of aryl methyl sites for hydroxylation is 4. The van der Waals surface area contributed by atoms with Gasteiger partial charge in [0.15, 0.2) is 0 Å². The number of likely N-dealkylation sites (tertiary alicyclic amines) is 1. The number of nitrogens with zero attached hydrogens (tertiary/aromatic N) is 18. The van der Waals surface area contributed by atoms with Gasteiger partial charge in [-0.15, -0.1) is 0 Å². The summed E-state index contributed by atoms with van der Waals surface area (Å²) in [5, 5.41) is 32.9. The summed E-state index contributed by atoms with van der Waals surface area (Å²) in [6, 6.07) is 36.8. The number of aliphatic hydroxyl groups is 1. The van der Waals surface area contributed by atoms with Gasteiger partial charge in [-0.1, -0.05) is 0 Å². The first-order valence-electron chi connectivity index (χ1n) is 36.2. The van der Waals surface area contributed by atoms with Crippen LogP contribution in [0.2, 0.25) is 0 Å². The van der Waals surface area contributed by atoms with E-state index >= 15 is 0 Å². The highest BCUT2D eigenvalue weighted by Crippen LogP contribution is 2.38. The lowest BCUT2D eigenvalue weighted by Gasteiger charge is -2.27. The third-order valence-electron chi connectivity index (χ3n) is 19.2. The van der Waals surface area contributed by atoms with Gasteiger partial charge in [0, 0.05) is 171 Å². The van der Waals surface area contributed by atoms with Gasteiger partial charge in [-0.3, -0.25) is 38.6 Å². The lowest BCUT2D eigenvalue weighted by Crippen LogP contribution is -2.26. The van der Waals surface area contributed by atoms with Crippen LogP contribution in [-0.4, -0.2) is 179 Å². The number of anilines is 6. The van der Waals surface area contributed by atoms with Gasteiger partial charge in [0.2, 0.25) is 0 Å². The summed E-state index contributed by atoms with van der Waals surface area (Å²) in [7, 11) is 15.4. The Morgan fingerprint density at radius 3 is 1.40 bits per heavy atom. The number of methoxy groups -OCH3 is 4. The molecule has 3 N–H and O–H groups in total. The maximum atomic E-state index is 12.5. The molecule has 9 heterocycles. The molecule has 2 amide bonds. The number of fused-ring (bicyclic) bond motifs is 3. The van der Waals surface area contributed by atoms with Crippen molar-refractivity contribution in [3.63, 3.8) is 0 Å². The molecule has 2 fully saturated rings. The molecule has 0 bridgehead atoms. The Morgan fingerprint density at radius 1 is 0.514 bits per heavy atom. The number of amides is 2. The first kappa shape index (κ1) is 74.9. The zero-order chi connectivity index (χ0) is 76.1. The van der Waals surface area contributed by atoms with Gasteiger partial charge in [-0.25, -0.2) is 19.6 Å². The molecule has 0 radical (unpaired) electrons. The number of aromatic nitrogens is 14. The fourth-order valence-corrected chi connectivity index (χ4v) is 13.4. The first-order valence-corrected chi connectivity index (χ1v) is 36.2. The molecule has 562 valence electrons. The number of hydrogen-bond donors (Lipinski definition) is 3. The van der Waals surface area contributed by atoms with Gasteiger partial charge in [0.25, 0.3) is 11.8 Å². The molecule has 2 aliphatic rings. The molecule has 0 spiro atoms. The van der Waals surface area contributed by atoms with Gasteiger partial charge in [-0.2, -0.15) is 20.4 Å². The van der Waals surface area contributed by atoms with Crippen LogP contribution >= 0.6 is 0 Å². The maximum absolute atomic E-state index is 12.5. The van der Waals surface area contributed by atoms with Crippen LogP contribution < -0.4 is 44.3 Å². The summed E-state index contributed by atoms with van der Waals surface area (Å²) in [5.74, 6) is 2.22. The van der Waals surface area contributed by atoms with Crippen molar-refractivity contribution in [2.45, 2.75) is 58.2 Å². The van der Waals surface area contributed by atoms with Gasteiger partial charge in [0.05, 0.1) is 135 Å². The topological polar surface area (TPSA) is 286 Å². The van der Waals surface area contributed by atoms with E-state index in [2.05, 4.69) is 78.9 Å². The number of hydrogen-bond acceptors (Lipinski definition) is 22. The van der Waals surface area contributed by atoms with E-state index in [0.717, 1.165) is 141 Å². The highest BCUT2D eigenvalue weighted by Gasteiger charge is 2.23. The molecular weight excluding hydrogens is 1380 g/mol. The molecule has 109 heavy (non-hydrogen) atoms. The minimum atomic E-state index is -0.225. The lowest BCUT2D eigenvalue weighted by molar-refractivity contribution is -0.0394. The van der Waals surface area contributed by atoms with Gasteiger partial charge < -0.3 is 59.0 Å². The Balaban J connectivity index is 0.000000144. The van der Waals surface area contributed by atoms with Crippen LogP contribution in [0.4, 0.5) is 34.1 Å². The minimum absolute atomic E-state index is 0.0443. The second kappa shape index (κ2) is 34.4. The summed E-state index contributed by atoms with van der Waals surface area (Å²) in [6.45, 7) is 7.75. The van der Waals surface area contributed by atoms with Crippen LogP contribution in [-0.2, 0) is 32.4 Å². The van der Waals surface area contributed by atoms with E-state index in [1.54, 1.807) is 107 Å². The standard InChI is InChI=1S/C28H33N7O2.C27H30N6O4.C26H27N7O2/c1-29-28(36)20-13-23(15-24(14-20)37-3)35(12-6-11-34-9-4-5-10-34)22-7-8-25-26(16-22)32-27(18-30-25)21-17-31-33(2)19-21;1-28-27(35)18-11-21(13-22(12-18)36-2)32(8-9-34)20-6-7-23-24(14-20)31-25(16-29-23)19-15-30-33(17-19)26-5-3-4-10-37-26;1-17-8-19(30-32(17)3)16-33(21-9-22(34-4)12-23(10-21)35-5)20-6-7-24-25(11-20)29-26(14-27-24)18-13-28-31(2)15-18/h7-8,13-19H,4-6,9-12H2,1-3H3,(H,29,36);6-7,11-17,26,34H,3-5,8-10H2,1-2H3,(H,28,35);6-15H,16H2,1-5H3. The van der Waals surface area contributed by atoms with Crippen molar-refractivity contribution in [3.8, 4) is 56.8 Å². The lowest BCUT2D eigenvalue weighted by atomic mass is 10.1. The molecule has 13 aromatic rings. The van der Waals surface area contributed by atoms with Crippen molar-refractivity contribution in [2.75, 3.05) is 103 Å². The third kappa shape index (κ3) is 17.9. The molecule has 7 aromatic heterocycles. The van der Waals surface area contributed by atoms with Crippen molar-refractivity contribution in [3.05, 3.63) is 194 Å². The van der Waals surface area contributed by atoms with Crippen LogP contribution in [0.15, 0.2) is 171 Å². The second-order valence-corrected chi connectivity index (χ2v) is 26.6. The van der Waals surface area contributed by atoms with Gasteiger partial charge in [0.1, 0.15) is 29.2 Å². The third-order valence-corrected chi connectivity index (χ3v) is 19.2. The summed E-state index contributed by atoms with van der Waals surface area (Å²) < 4.78 is 35.1.